The number of hydrogen-bond donors (Lipinski definition) is 5. The molecular formula is C15H16O7. The van der Waals surface area contributed by atoms with Crippen molar-refractivity contribution in [2.45, 2.75) is 24.6 Å². The summed E-state index contributed by atoms with van der Waals surface area (Å²) in [4.78, 5) is 0. The lowest BCUT2D eigenvalue weighted by atomic mass is 10.1. The lowest BCUT2D eigenvalue weighted by Crippen LogP contribution is -2.54. The maximum atomic E-state index is 9.98. The molecule has 7 heteroatoms. The van der Waals surface area contributed by atoms with Crippen LogP contribution >= 0.6 is 0 Å². The lowest BCUT2D eigenvalue weighted by molar-refractivity contribution is -0.241. The molecule has 1 aliphatic heterocycles. The van der Waals surface area contributed by atoms with E-state index in [1.165, 1.54) is 18.2 Å². The summed E-state index contributed by atoms with van der Waals surface area (Å²) in [6.07, 6.45) is -5.24. The summed E-state index contributed by atoms with van der Waals surface area (Å²) in [6.45, 7) is -0.190. The molecule has 0 aliphatic carbocycles. The van der Waals surface area contributed by atoms with Crippen molar-refractivity contribution in [1.82, 2.24) is 0 Å². The molecule has 118 valence electrons. The molecule has 0 unspecified atom stereocenters. The first-order valence-corrected chi connectivity index (χ1v) is 6.75. The van der Waals surface area contributed by atoms with Crippen molar-refractivity contribution in [3.8, 4) is 17.2 Å². The highest BCUT2D eigenvalue weighted by atomic mass is 16.7. The Morgan fingerprint density at radius 1 is 0.955 bits per heavy atom. The van der Waals surface area contributed by atoms with Gasteiger partial charge in [-0.15, -0.1) is 0 Å². The van der Waals surface area contributed by atoms with Gasteiger partial charge < -0.3 is 35.0 Å². The van der Waals surface area contributed by atoms with Gasteiger partial charge in [0, 0.05) is 5.39 Å². The molecule has 2 aromatic rings. The van der Waals surface area contributed by atoms with Crippen LogP contribution in [0.1, 0.15) is 0 Å². The van der Waals surface area contributed by atoms with E-state index in [0.717, 1.165) is 0 Å². The predicted molar refractivity (Wildman–Crippen MR) is 75.7 cm³/mol. The number of aliphatic hydroxyl groups excluding tert-OH is 3. The van der Waals surface area contributed by atoms with E-state index < -0.39 is 24.6 Å². The molecule has 2 aromatic carbocycles. The summed E-state index contributed by atoms with van der Waals surface area (Å²) in [5, 5.41) is 49.4. The van der Waals surface area contributed by atoms with E-state index in [4.69, 9.17) is 9.47 Å². The Kier molecular flexibility index (Phi) is 3.79. The fraction of sp³-hybridized carbons (Fsp3) is 0.333. The van der Waals surface area contributed by atoms with Crippen LogP contribution in [0, 0.1) is 0 Å². The SMILES string of the molecule is Oc1ccc(O)c2c(O[C@@H]3OC[C@@H](O)[C@H](O)[C@H]3O)cccc12. The summed E-state index contributed by atoms with van der Waals surface area (Å²) < 4.78 is 10.7. The van der Waals surface area contributed by atoms with Crippen LogP contribution in [0.15, 0.2) is 30.3 Å². The molecule has 0 amide bonds. The van der Waals surface area contributed by atoms with Crippen molar-refractivity contribution in [1.29, 1.82) is 0 Å². The minimum atomic E-state index is -1.45. The summed E-state index contributed by atoms with van der Waals surface area (Å²) >= 11 is 0. The summed E-state index contributed by atoms with van der Waals surface area (Å²) in [5.41, 5.74) is 0. The van der Waals surface area contributed by atoms with Crippen molar-refractivity contribution < 1.29 is 35.0 Å². The maximum Gasteiger partial charge on any atom is 0.228 e. The molecule has 1 aliphatic rings. The number of hydrogen-bond acceptors (Lipinski definition) is 7. The van der Waals surface area contributed by atoms with E-state index in [-0.39, 0.29) is 29.2 Å². The van der Waals surface area contributed by atoms with Crippen molar-refractivity contribution in [3.05, 3.63) is 30.3 Å². The second kappa shape index (κ2) is 5.62. The molecule has 0 bridgehead atoms. The molecule has 1 fully saturated rings. The minimum absolute atomic E-state index is 0.0289. The number of rotatable bonds is 2. The van der Waals surface area contributed by atoms with Crippen LogP contribution in [0.5, 0.6) is 17.2 Å². The molecule has 1 saturated heterocycles. The topological polar surface area (TPSA) is 120 Å². The molecule has 1 heterocycles. The molecule has 7 nitrogen and oxygen atoms in total. The minimum Gasteiger partial charge on any atom is -0.507 e. The Morgan fingerprint density at radius 3 is 2.45 bits per heavy atom. The van der Waals surface area contributed by atoms with Crippen molar-refractivity contribution in [2.75, 3.05) is 6.61 Å². The van der Waals surface area contributed by atoms with E-state index in [2.05, 4.69) is 0 Å². The number of phenols is 2. The van der Waals surface area contributed by atoms with Crippen molar-refractivity contribution in [2.24, 2.45) is 0 Å². The molecule has 0 aromatic heterocycles. The highest BCUT2D eigenvalue weighted by Gasteiger charge is 2.39. The molecular weight excluding hydrogens is 292 g/mol. The number of aromatic hydroxyl groups is 2. The largest absolute Gasteiger partial charge is 0.507 e. The fourth-order valence-electron chi connectivity index (χ4n) is 2.45. The molecule has 0 spiro atoms. The smallest absolute Gasteiger partial charge is 0.228 e. The number of ether oxygens (including phenoxy) is 2. The first kappa shape index (κ1) is 14.9. The van der Waals surface area contributed by atoms with Gasteiger partial charge in [0.1, 0.15) is 35.6 Å². The van der Waals surface area contributed by atoms with Crippen LogP contribution in [-0.2, 0) is 4.74 Å². The Bertz CT molecular complexity index is 687. The standard InChI is InChI=1S/C15H16O7/c16-8-4-5-9(17)12-7(8)2-1-3-11(12)22-15-14(20)13(19)10(18)6-21-15/h1-5,10,13-20H,6H2/t10-,13+,14-,15+/m1/s1. The maximum absolute atomic E-state index is 9.98. The van der Waals surface area contributed by atoms with Gasteiger partial charge >= 0.3 is 0 Å². The Morgan fingerprint density at radius 2 is 1.68 bits per heavy atom. The van der Waals surface area contributed by atoms with Gasteiger partial charge in [0.05, 0.1) is 12.0 Å². The van der Waals surface area contributed by atoms with Gasteiger partial charge in [0.15, 0.2) is 0 Å². The zero-order valence-corrected chi connectivity index (χ0v) is 11.5. The van der Waals surface area contributed by atoms with Gasteiger partial charge in [-0.3, -0.25) is 0 Å². The molecule has 0 saturated carbocycles. The summed E-state index contributed by atoms with van der Waals surface area (Å²) in [6, 6.07) is 7.43. The monoisotopic (exact) mass is 308 g/mol. The van der Waals surface area contributed by atoms with Gasteiger partial charge in [-0.2, -0.15) is 0 Å². The van der Waals surface area contributed by atoms with Crippen LogP contribution in [-0.4, -0.2) is 56.7 Å². The average Bonchev–Trinajstić information content (AvgIpc) is 2.52. The van der Waals surface area contributed by atoms with Gasteiger partial charge in [0.2, 0.25) is 6.29 Å². The Balaban J connectivity index is 1.96. The van der Waals surface area contributed by atoms with Gasteiger partial charge in [-0.1, -0.05) is 12.1 Å². The van der Waals surface area contributed by atoms with Crippen LogP contribution in [0.2, 0.25) is 0 Å². The van der Waals surface area contributed by atoms with E-state index in [9.17, 15) is 25.5 Å². The third-order valence-electron chi connectivity index (χ3n) is 3.65. The van der Waals surface area contributed by atoms with Crippen molar-refractivity contribution in [3.63, 3.8) is 0 Å². The molecule has 3 rings (SSSR count). The van der Waals surface area contributed by atoms with Crippen LogP contribution in [0.3, 0.4) is 0 Å². The van der Waals surface area contributed by atoms with Gasteiger partial charge in [-0.05, 0) is 18.2 Å². The van der Waals surface area contributed by atoms with Crippen LogP contribution in [0.25, 0.3) is 10.8 Å². The highest BCUT2D eigenvalue weighted by molar-refractivity contribution is 5.97. The van der Waals surface area contributed by atoms with Crippen molar-refractivity contribution >= 4 is 10.8 Å². The second-order valence-corrected chi connectivity index (χ2v) is 5.15. The average molecular weight is 308 g/mol. The van der Waals surface area contributed by atoms with Gasteiger partial charge in [-0.25, -0.2) is 0 Å². The number of fused-ring (bicyclic) bond motifs is 1. The normalized spacial score (nSPS) is 28.7. The van der Waals surface area contributed by atoms with E-state index >= 15 is 0 Å². The molecule has 22 heavy (non-hydrogen) atoms. The third kappa shape index (κ3) is 2.44. The molecule has 4 atom stereocenters. The van der Waals surface area contributed by atoms with Crippen LogP contribution < -0.4 is 4.74 Å². The zero-order chi connectivity index (χ0) is 15.9. The Hall–Kier alpha value is -2.06. The summed E-state index contributed by atoms with van der Waals surface area (Å²) in [7, 11) is 0. The number of benzene rings is 2. The number of aliphatic hydroxyl groups is 3. The fourth-order valence-corrected chi connectivity index (χ4v) is 2.45. The first-order chi connectivity index (χ1) is 10.5. The zero-order valence-electron chi connectivity index (χ0n) is 11.5. The van der Waals surface area contributed by atoms with E-state index in [1.807, 2.05) is 0 Å². The quantitative estimate of drug-likeness (QED) is 0.498. The molecule has 0 radical (unpaired) electrons. The highest BCUT2D eigenvalue weighted by Crippen LogP contribution is 2.38. The number of phenolic OH excluding ortho intramolecular Hbond substituents is 2. The predicted octanol–water partition coefficient (Wildman–Crippen LogP) is 0.0688. The van der Waals surface area contributed by atoms with Gasteiger partial charge in [0.25, 0.3) is 0 Å². The molecule has 5 N–H and O–H groups in total. The van der Waals surface area contributed by atoms with Crippen LogP contribution in [0.4, 0.5) is 0 Å². The lowest BCUT2D eigenvalue weighted by Gasteiger charge is -2.35. The first-order valence-electron chi connectivity index (χ1n) is 6.75. The van der Waals surface area contributed by atoms with E-state index in [0.29, 0.717) is 5.39 Å². The third-order valence-corrected chi connectivity index (χ3v) is 3.65. The second-order valence-electron chi connectivity index (χ2n) is 5.15. The Labute approximate surface area is 125 Å². The summed E-state index contributed by atoms with van der Waals surface area (Å²) in [5.74, 6) is 0.0478. The van der Waals surface area contributed by atoms with E-state index in [1.54, 1.807) is 12.1 Å².